The molecule has 0 radical (unpaired) electrons. The number of hydrogen-bond acceptors (Lipinski definition) is 7. The van der Waals surface area contributed by atoms with Crippen LogP contribution in [0.3, 0.4) is 0 Å². The van der Waals surface area contributed by atoms with Crippen molar-refractivity contribution in [3.8, 4) is 0 Å². The summed E-state index contributed by atoms with van der Waals surface area (Å²) in [6, 6.07) is 3.93. The van der Waals surface area contributed by atoms with Gasteiger partial charge in [0.25, 0.3) is 5.69 Å². The SMILES string of the molecule is COCCNc1ccc(C(=O)OC(C)C(C)=O)cc1[N+](=O)[O-]. The molecule has 0 spiro atoms. The van der Waals surface area contributed by atoms with Crippen LogP contribution in [-0.2, 0) is 14.3 Å². The smallest absolute Gasteiger partial charge is 0.339 e. The summed E-state index contributed by atoms with van der Waals surface area (Å²) in [5.41, 5.74) is 0.0383. The van der Waals surface area contributed by atoms with Gasteiger partial charge in [-0.1, -0.05) is 0 Å². The number of nitrogens with one attached hydrogen (secondary N) is 1. The lowest BCUT2D eigenvalue weighted by Gasteiger charge is -2.11. The van der Waals surface area contributed by atoms with Gasteiger partial charge in [0.1, 0.15) is 5.69 Å². The number of carbonyl (C=O) groups is 2. The molecule has 1 rings (SSSR count). The Kier molecular flexibility index (Phi) is 6.46. The van der Waals surface area contributed by atoms with Crippen molar-refractivity contribution in [3.63, 3.8) is 0 Å². The van der Waals surface area contributed by atoms with Gasteiger partial charge >= 0.3 is 5.97 Å². The molecular weight excluding hydrogens is 292 g/mol. The average molecular weight is 310 g/mol. The number of nitro groups is 1. The number of methoxy groups -OCH3 is 1. The summed E-state index contributed by atoms with van der Waals surface area (Å²) >= 11 is 0. The number of benzene rings is 1. The molecule has 1 unspecified atom stereocenters. The molecule has 1 aromatic rings. The van der Waals surface area contributed by atoms with Crippen molar-refractivity contribution in [2.24, 2.45) is 0 Å². The molecule has 8 heteroatoms. The van der Waals surface area contributed by atoms with Crippen molar-refractivity contribution >= 4 is 23.1 Å². The third kappa shape index (κ3) is 4.81. The number of nitrogens with zero attached hydrogens (tertiary/aromatic N) is 1. The van der Waals surface area contributed by atoms with Crippen LogP contribution >= 0.6 is 0 Å². The van der Waals surface area contributed by atoms with Gasteiger partial charge in [-0.15, -0.1) is 0 Å². The van der Waals surface area contributed by atoms with Crippen LogP contribution in [0.15, 0.2) is 18.2 Å². The highest BCUT2D eigenvalue weighted by molar-refractivity contribution is 5.93. The number of nitro benzene ring substituents is 1. The molecule has 0 fully saturated rings. The third-order valence-electron chi connectivity index (χ3n) is 2.91. The fraction of sp³-hybridized carbons (Fsp3) is 0.429. The molecule has 0 aliphatic heterocycles. The number of rotatable bonds is 8. The van der Waals surface area contributed by atoms with E-state index in [9.17, 15) is 19.7 Å². The first kappa shape index (κ1) is 17.6. The first-order valence-electron chi connectivity index (χ1n) is 6.59. The fourth-order valence-electron chi connectivity index (χ4n) is 1.56. The topological polar surface area (TPSA) is 108 Å². The Bertz CT molecular complexity index is 572. The predicted molar refractivity (Wildman–Crippen MR) is 79.0 cm³/mol. The minimum atomic E-state index is -0.897. The zero-order chi connectivity index (χ0) is 16.7. The van der Waals surface area contributed by atoms with Crippen molar-refractivity contribution in [2.75, 3.05) is 25.6 Å². The second-order valence-electron chi connectivity index (χ2n) is 4.57. The van der Waals surface area contributed by atoms with E-state index in [1.807, 2.05) is 0 Å². The standard InChI is InChI=1S/C14H18N2O6/c1-9(17)10(2)22-14(18)11-4-5-12(15-6-7-21-3)13(8-11)16(19)20/h4-5,8,10,15H,6-7H2,1-3H3. The molecule has 0 aliphatic carbocycles. The quantitative estimate of drug-likeness (QED) is 0.337. The normalized spacial score (nSPS) is 11.6. The number of esters is 1. The van der Waals surface area contributed by atoms with Crippen LogP contribution in [0.4, 0.5) is 11.4 Å². The van der Waals surface area contributed by atoms with Crippen LogP contribution in [0.25, 0.3) is 0 Å². The maximum absolute atomic E-state index is 11.9. The van der Waals surface area contributed by atoms with Gasteiger partial charge in [0.2, 0.25) is 0 Å². The molecule has 1 atom stereocenters. The minimum Gasteiger partial charge on any atom is -0.451 e. The van der Waals surface area contributed by atoms with Crippen molar-refractivity contribution in [1.82, 2.24) is 0 Å². The maximum atomic E-state index is 11.9. The zero-order valence-electron chi connectivity index (χ0n) is 12.6. The molecule has 0 aromatic heterocycles. The average Bonchev–Trinajstić information content (AvgIpc) is 2.47. The number of Topliss-reactive ketones (excluding diaryl/α,β-unsaturated/α-hetero) is 1. The molecule has 0 saturated heterocycles. The van der Waals surface area contributed by atoms with Crippen molar-refractivity contribution < 1.29 is 24.0 Å². The van der Waals surface area contributed by atoms with E-state index < -0.39 is 17.0 Å². The number of anilines is 1. The van der Waals surface area contributed by atoms with Gasteiger partial charge in [-0.3, -0.25) is 14.9 Å². The molecule has 22 heavy (non-hydrogen) atoms. The Morgan fingerprint density at radius 1 is 1.41 bits per heavy atom. The monoisotopic (exact) mass is 310 g/mol. The van der Waals surface area contributed by atoms with E-state index in [-0.39, 0.29) is 22.7 Å². The lowest BCUT2D eigenvalue weighted by molar-refractivity contribution is -0.384. The summed E-state index contributed by atoms with van der Waals surface area (Å²) in [6.45, 7) is 3.51. The Morgan fingerprint density at radius 3 is 2.64 bits per heavy atom. The Morgan fingerprint density at radius 2 is 2.09 bits per heavy atom. The Balaban J connectivity index is 2.94. The molecule has 1 aromatic carbocycles. The lowest BCUT2D eigenvalue weighted by atomic mass is 10.1. The van der Waals surface area contributed by atoms with Crippen molar-refractivity contribution in [2.45, 2.75) is 20.0 Å². The summed E-state index contributed by atoms with van der Waals surface area (Å²) in [7, 11) is 1.52. The lowest BCUT2D eigenvalue weighted by Crippen LogP contribution is -2.22. The van der Waals surface area contributed by atoms with Crippen molar-refractivity contribution in [1.29, 1.82) is 0 Å². The van der Waals surface area contributed by atoms with Crippen LogP contribution in [0.1, 0.15) is 24.2 Å². The van der Waals surface area contributed by atoms with Gasteiger partial charge < -0.3 is 14.8 Å². The van der Waals surface area contributed by atoms with E-state index in [2.05, 4.69) is 5.32 Å². The molecule has 0 amide bonds. The van der Waals surface area contributed by atoms with Gasteiger partial charge in [0.05, 0.1) is 17.1 Å². The fourth-order valence-corrected chi connectivity index (χ4v) is 1.56. The van der Waals surface area contributed by atoms with Crippen LogP contribution in [0.5, 0.6) is 0 Å². The number of ether oxygens (including phenoxy) is 2. The van der Waals surface area contributed by atoms with E-state index >= 15 is 0 Å². The molecular formula is C14H18N2O6. The first-order chi connectivity index (χ1) is 10.4. The van der Waals surface area contributed by atoms with Gasteiger partial charge in [0, 0.05) is 19.7 Å². The molecule has 0 aliphatic rings. The highest BCUT2D eigenvalue weighted by Gasteiger charge is 2.20. The number of carbonyl (C=O) groups excluding carboxylic acids is 2. The summed E-state index contributed by atoms with van der Waals surface area (Å²) in [5.74, 6) is -1.09. The predicted octanol–water partition coefficient (Wildman–Crippen LogP) is 1.79. The van der Waals surface area contributed by atoms with Crippen molar-refractivity contribution in [3.05, 3.63) is 33.9 Å². The Hall–Kier alpha value is -2.48. The highest BCUT2D eigenvalue weighted by Crippen LogP contribution is 2.26. The summed E-state index contributed by atoms with van der Waals surface area (Å²) in [5, 5.41) is 13.9. The number of hydrogen-bond donors (Lipinski definition) is 1. The minimum absolute atomic E-state index is 0.0112. The van der Waals surface area contributed by atoms with E-state index in [1.165, 1.54) is 33.1 Å². The molecule has 0 bridgehead atoms. The Labute approximate surface area is 127 Å². The van der Waals surface area contributed by atoms with E-state index in [4.69, 9.17) is 9.47 Å². The maximum Gasteiger partial charge on any atom is 0.339 e. The van der Waals surface area contributed by atoms with Crippen LogP contribution in [0, 0.1) is 10.1 Å². The van der Waals surface area contributed by atoms with Gasteiger partial charge in [-0.05, 0) is 26.0 Å². The number of ketones is 1. The summed E-state index contributed by atoms with van der Waals surface area (Å²) < 4.78 is 9.77. The molecule has 8 nitrogen and oxygen atoms in total. The molecule has 120 valence electrons. The van der Waals surface area contributed by atoms with Gasteiger partial charge in [-0.25, -0.2) is 4.79 Å². The molecule has 0 saturated carbocycles. The van der Waals surface area contributed by atoms with Gasteiger partial charge in [-0.2, -0.15) is 0 Å². The summed E-state index contributed by atoms with van der Waals surface area (Å²) in [4.78, 5) is 33.4. The van der Waals surface area contributed by atoms with Gasteiger partial charge in [0.15, 0.2) is 11.9 Å². The zero-order valence-corrected chi connectivity index (χ0v) is 12.6. The second kappa shape index (κ2) is 8.08. The van der Waals surface area contributed by atoms with Crippen LogP contribution in [-0.4, -0.2) is 43.0 Å². The largest absolute Gasteiger partial charge is 0.451 e. The third-order valence-corrected chi connectivity index (χ3v) is 2.91. The van der Waals surface area contributed by atoms with E-state index in [1.54, 1.807) is 0 Å². The highest BCUT2D eigenvalue weighted by atomic mass is 16.6. The molecule has 0 heterocycles. The van der Waals surface area contributed by atoms with Crippen LogP contribution < -0.4 is 5.32 Å². The van der Waals surface area contributed by atoms with E-state index in [0.29, 0.717) is 13.2 Å². The summed E-state index contributed by atoms with van der Waals surface area (Å²) in [6.07, 6.45) is -0.897. The second-order valence-corrected chi connectivity index (χ2v) is 4.57. The molecule has 1 N–H and O–H groups in total. The van der Waals surface area contributed by atoms with E-state index in [0.717, 1.165) is 6.07 Å². The van der Waals surface area contributed by atoms with Crippen LogP contribution in [0.2, 0.25) is 0 Å². The first-order valence-corrected chi connectivity index (χ1v) is 6.59.